The fourth-order valence-electron chi connectivity index (χ4n) is 2.60. The minimum Gasteiger partial charge on any atom is -0.423 e. The van der Waals surface area contributed by atoms with E-state index < -0.39 is 0 Å². The summed E-state index contributed by atoms with van der Waals surface area (Å²) in [6.45, 7) is 0. The molecule has 0 aliphatic heterocycles. The smallest absolute Gasteiger partial charge is 0.343 e. The molecule has 0 N–H and O–H groups in total. The van der Waals surface area contributed by atoms with Crippen molar-refractivity contribution in [3.8, 4) is 5.75 Å². The SMILES string of the molecule is O=C(Oc1ccc2ncccc2c1)c1ccc2ccccc2c1. The van der Waals surface area contributed by atoms with Gasteiger partial charge < -0.3 is 4.74 Å². The van der Waals surface area contributed by atoms with Crippen LogP contribution in [-0.2, 0) is 0 Å². The number of pyridine rings is 1. The van der Waals surface area contributed by atoms with Crippen LogP contribution < -0.4 is 4.74 Å². The van der Waals surface area contributed by atoms with E-state index in [1.54, 1.807) is 18.3 Å². The topological polar surface area (TPSA) is 39.2 Å². The molecule has 4 aromatic rings. The lowest BCUT2D eigenvalue weighted by Crippen LogP contribution is -2.08. The van der Waals surface area contributed by atoms with Crippen LogP contribution in [0.2, 0.25) is 0 Å². The van der Waals surface area contributed by atoms with Crippen LogP contribution in [0.4, 0.5) is 0 Å². The molecule has 0 saturated heterocycles. The van der Waals surface area contributed by atoms with Gasteiger partial charge in [-0.2, -0.15) is 0 Å². The summed E-state index contributed by atoms with van der Waals surface area (Å²) in [6, 6.07) is 22.7. The van der Waals surface area contributed by atoms with Gasteiger partial charge >= 0.3 is 5.97 Å². The molecule has 0 aliphatic rings. The van der Waals surface area contributed by atoms with Crippen molar-refractivity contribution >= 4 is 27.6 Å². The third kappa shape index (κ3) is 2.64. The number of carbonyl (C=O) groups is 1. The summed E-state index contributed by atoms with van der Waals surface area (Å²) in [7, 11) is 0. The molecule has 0 saturated carbocycles. The Morgan fingerprint density at radius 2 is 1.61 bits per heavy atom. The van der Waals surface area contributed by atoms with Crippen molar-refractivity contribution in [3.63, 3.8) is 0 Å². The van der Waals surface area contributed by atoms with E-state index in [4.69, 9.17) is 4.74 Å². The lowest BCUT2D eigenvalue weighted by molar-refractivity contribution is 0.0735. The van der Waals surface area contributed by atoms with Crippen molar-refractivity contribution in [2.24, 2.45) is 0 Å². The predicted molar refractivity (Wildman–Crippen MR) is 90.6 cm³/mol. The molecule has 0 unspecified atom stereocenters. The van der Waals surface area contributed by atoms with Gasteiger partial charge in [0.25, 0.3) is 0 Å². The number of nitrogens with zero attached hydrogens (tertiary/aromatic N) is 1. The van der Waals surface area contributed by atoms with Crippen molar-refractivity contribution < 1.29 is 9.53 Å². The van der Waals surface area contributed by atoms with Gasteiger partial charge in [0.2, 0.25) is 0 Å². The van der Waals surface area contributed by atoms with E-state index in [9.17, 15) is 4.79 Å². The monoisotopic (exact) mass is 299 g/mol. The maximum atomic E-state index is 12.4. The number of rotatable bonds is 2. The molecule has 0 radical (unpaired) electrons. The molecular weight excluding hydrogens is 286 g/mol. The highest BCUT2D eigenvalue weighted by Gasteiger charge is 2.09. The standard InChI is InChI=1S/C20H13NO2/c22-20(17-8-7-14-4-1-2-5-15(14)12-17)23-18-9-10-19-16(13-18)6-3-11-21-19/h1-13H. The van der Waals surface area contributed by atoms with Gasteiger partial charge in [0.15, 0.2) is 0 Å². The van der Waals surface area contributed by atoms with Crippen molar-refractivity contribution in [1.82, 2.24) is 4.98 Å². The molecule has 4 rings (SSSR count). The van der Waals surface area contributed by atoms with Crippen LogP contribution in [0.15, 0.2) is 79.0 Å². The van der Waals surface area contributed by atoms with Crippen LogP contribution in [0.5, 0.6) is 5.75 Å². The maximum absolute atomic E-state index is 12.4. The first-order valence-electron chi connectivity index (χ1n) is 7.35. The van der Waals surface area contributed by atoms with Gasteiger partial charge in [0.1, 0.15) is 5.75 Å². The molecule has 0 aliphatic carbocycles. The van der Waals surface area contributed by atoms with Gasteiger partial charge in [-0.25, -0.2) is 4.79 Å². The molecule has 3 nitrogen and oxygen atoms in total. The first kappa shape index (κ1) is 13.5. The Hall–Kier alpha value is -3.20. The number of hydrogen-bond donors (Lipinski definition) is 0. The van der Waals surface area contributed by atoms with Crippen LogP contribution in [0.25, 0.3) is 21.7 Å². The molecule has 0 atom stereocenters. The zero-order valence-electron chi connectivity index (χ0n) is 12.3. The normalized spacial score (nSPS) is 10.8. The predicted octanol–water partition coefficient (Wildman–Crippen LogP) is 4.61. The average Bonchev–Trinajstić information content (AvgIpc) is 2.61. The first-order valence-corrected chi connectivity index (χ1v) is 7.35. The molecule has 0 spiro atoms. The molecule has 0 fully saturated rings. The van der Waals surface area contributed by atoms with Crippen LogP contribution in [-0.4, -0.2) is 11.0 Å². The molecule has 0 amide bonds. The number of carbonyl (C=O) groups excluding carboxylic acids is 1. The highest BCUT2D eigenvalue weighted by molar-refractivity contribution is 5.96. The number of benzene rings is 3. The minimum absolute atomic E-state index is 0.362. The van der Waals surface area contributed by atoms with Gasteiger partial charge in [-0.1, -0.05) is 36.4 Å². The van der Waals surface area contributed by atoms with E-state index in [0.29, 0.717) is 11.3 Å². The Balaban J connectivity index is 1.64. The minimum atomic E-state index is -0.362. The molecule has 1 aromatic heterocycles. The van der Waals surface area contributed by atoms with E-state index >= 15 is 0 Å². The summed E-state index contributed by atoms with van der Waals surface area (Å²) in [5, 5.41) is 3.06. The van der Waals surface area contributed by atoms with E-state index in [2.05, 4.69) is 4.98 Å². The first-order chi connectivity index (χ1) is 11.3. The van der Waals surface area contributed by atoms with Crippen molar-refractivity contribution in [3.05, 3.63) is 84.6 Å². The summed E-state index contributed by atoms with van der Waals surface area (Å²) in [6.07, 6.45) is 1.74. The fourth-order valence-corrected chi connectivity index (χ4v) is 2.60. The van der Waals surface area contributed by atoms with E-state index in [1.807, 2.05) is 60.7 Å². The van der Waals surface area contributed by atoms with E-state index in [0.717, 1.165) is 21.7 Å². The molecular formula is C20H13NO2. The summed E-state index contributed by atoms with van der Waals surface area (Å²) in [4.78, 5) is 16.6. The Bertz CT molecular complexity index is 1020. The van der Waals surface area contributed by atoms with Crippen LogP contribution >= 0.6 is 0 Å². The van der Waals surface area contributed by atoms with E-state index in [-0.39, 0.29) is 5.97 Å². The lowest BCUT2D eigenvalue weighted by atomic mass is 10.1. The number of aromatic nitrogens is 1. The Kier molecular flexibility index (Phi) is 3.24. The molecule has 3 aromatic carbocycles. The second kappa shape index (κ2) is 5.54. The quantitative estimate of drug-likeness (QED) is 0.401. The van der Waals surface area contributed by atoms with Crippen LogP contribution in [0, 0.1) is 0 Å². The second-order valence-electron chi connectivity index (χ2n) is 5.31. The fraction of sp³-hybridized carbons (Fsp3) is 0. The van der Waals surface area contributed by atoms with Crippen LogP contribution in [0.3, 0.4) is 0 Å². The number of esters is 1. The molecule has 23 heavy (non-hydrogen) atoms. The maximum Gasteiger partial charge on any atom is 0.343 e. The Morgan fingerprint density at radius 3 is 2.52 bits per heavy atom. The lowest BCUT2D eigenvalue weighted by Gasteiger charge is -2.06. The van der Waals surface area contributed by atoms with Gasteiger partial charge in [0.05, 0.1) is 11.1 Å². The van der Waals surface area contributed by atoms with Gasteiger partial charge in [-0.05, 0) is 47.2 Å². The number of ether oxygens (including phenoxy) is 1. The van der Waals surface area contributed by atoms with Crippen molar-refractivity contribution in [2.45, 2.75) is 0 Å². The highest BCUT2D eigenvalue weighted by Crippen LogP contribution is 2.21. The van der Waals surface area contributed by atoms with Gasteiger partial charge in [-0.15, -0.1) is 0 Å². The van der Waals surface area contributed by atoms with Crippen molar-refractivity contribution in [2.75, 3.05) is 0 Å². The molecule has 110 valence electrons. The third-order valence-corrected chi connectivity index (χ3v) is 3.77. The molecule has 3 heteroatoms. The summed E-state index contributed by atoms with van der Waals surface area (Å²) in [5.74, 6) is 0.155. The molecule has 1 heterocycles. The van der Waals surface area contributed by atoms with Crippen molar-refractivity contribution in [1.29, 1.82) is 0 Å². The summed E-state index contributed by atoms with van der Waals surface area (Å²) in [5.41, 5.74) is 1.41. The second-order valence-corrected chi connectivity index (χ2v) is 5.31. The Labute approximate surface area is 133 Å². The zero-order valence-corrected chi connectivity index (χ0v) is 12.3. The van der Waals surface area contributed by atoms with E-state index in [1.165, 1.54) is 0 Å². The number of hydrogen-bond acceptors (Lipinski definition) is 3. The molecule has 0 bridgehead atoms. The summed E-state index contributed by atoms with van der Waals surface area (Å²) >= 11 is 0. The van der Waals surface area contributed by atoms with Gasteiger partial charge in [0, 0.05) is 11.6 Å². The third-order valence-electron chi connectivity index (χ3n) is 3.77. The van der Waals surface area contributed by atoms with Gasteiger partial charge in [-0.3, -0.25) is 4.98 Å². The van der Waals surface area contributed by atoms with Crippen LogP contribution in [0.1, 0.15) is 10.4 Å². The summed E-state index contributed by atoms with van der Waals surface area (Å²) < 4.78 is 5.49. The Morgan fingerprint density at radius 1 is 0.783 bits per heavy atom. The largest absolute Gasteiger partial charge is 0.423 e. The highest BCUT2D eigenvalue weighted by atomic mass is 16.5. The average molecular weight is 299 g/mol. The zero-order chi connectivity index (χ0) is 15.6. The number of fused-ring (bicyclic) bond motifs is 2.